The Kier molecular flexibility index (Phi) is 3.69. The van der Waals surface area contributed by atoms with Gasteiger partial charge in [-0.05, 0) is 43.9 Å². The van der Waals surface area contributed by atoms with Crippen LogP contribution in [-0.2, 0) is 12.8 Å². The first kappa shape index (κ1) is 13.1. The number of primary amides is 1. The minimum atomic E-state index is -0.408. The number of anilines is 1. The first-order valence-electron chi connectivity index (χ1n) is 7.19. The van der Waals surface area contributed by atoms with Crippen LogP contribution in [-0.4, -0.2) is 30.5 Å². The number of carbonyl (C=O) groups is 1. The Morgan fingerprint density at radius 1 is 1.40 bits per heavy atom. The molecule has 1 aliphatic heterocycles. The van der Waals surface area contributed by atoms with E-state index in [-0.39, 0.29) is 0 Å². The SMILES string of the molecule is NC(=O)c1cc2c(nc1NCC1=CCNCC1)CCC2. The van der Waals surface area contributed by atoms with Crippen LogP contribution in [0.15, 0.2) is 17.7 Å². The molecule has 5 nitrogen and oxygen atoms in total. The van der Waals surface area contributed by atoms with E-state index in [4.69, 9.17) is 5.73 Å². The topological polar surface area (TPSA) is 80.0 Å². The van der Waals surface area contributed by atoms with E-state index in [1.807, 2.05) is 6.07 Å². The number of aromatic nitrogens is 1. The summed E-state index contributed by atoms with van der Waals surface area (Å²) >= 11 is 0. The molecule has 4 N–H and O–H groups in total. The molecule has 2 aliphatic rings. The van der Waals surface area contributed by atoms with E-state index < -0.39 is 5.91 Å². The van der Waals surface area contributed by atoms with E-state index in [9.17, 15) is 4.79 Å². The zero-order valence-electron chi connectivity index (χ0n) is 11.5. The maximum absolute atomic E-state index is 11.6. The largest absolute Gasteiger partial charge is 0.366 e. The molecule has 20 heavy (non-hydrogen) atoms. The standard InChI is InChI=1S/C15H20N4O/c16-14(20)12-8-11-2-1-3-13(11)19-15(12)18-9-10-4-6-17-7-5-10/h4,8,17H,1-3,5-7,9H2,(H2,16,20)(H,18,19). The summed E-state index contributed by atoms with van der Waals surface area (Å²) in [7, 11) is 0. The van der Waals surface area contributed by atoms with Crippen molar-refractivity contribution in [3.63, 3.8) is 0 Å². The van der Waals surface area contributed by atoms with E-state index in [1.54, 1.807) is 0 Å². The van der Waals surface area contributed by atoms with Gasteiger partial charge in [0, 0.05) is 18.8 Å². The summed E-state index contributed by atoms with van der Waals surface area (Å²) in [4.78, 5) is 16.2. The lowest BCUT2D eigenvalue weighted by Crippen LogP contribution is -2.24. The number of hydrogen-bond donors (Lipinski definition) is 3. The maximum Gasteiger partial charge on any atom is 0.252 e. The fourth-order valence-corrected chi connectivity index (χ4v) is 2.82. The van der Waals surface area contributed by atoms with Crippen molar-refractivity contribution >= 4 is 11.7 Å². The van der Waals surface area contributed by atoms with Gasteiger partial charge in [0.15, 0.2) is 0 Å². The van der Waals surface area contributed by atoms with Gasteiger partial charge in [0.05, 0.1) is 5.56 Å². The Bertz CT molecular complexity index is 565. The smallest absolute Gasteiger partial charge is 0.252 e. The number of amides is 1. The minimum Gasteiger partial charge on any atom is -0.366 e. The molecule has 3 rings (SSSR count). The van der Waals surface area contributed by atoms with Crippen LogP contribution >= 0.6 is 0 Å². The van der Waals surface area contributed by atoms with Crippen LogP contribution in [0, 0.1) is 0 Å². The third-order valence-electron chi connectivity index (χ3n) is 3.96. The zero-order valence-corrected chi connectivity index (χ0v) is 11.5. The van der Waals surface area contributed by atoms with E-state index in [2.05, 4.69) is 21.7 Å². The Morgan fingerprint density at radius 2 is 2.30 bits per heavy atom. The van der Waals surface area contributed by atoms with Crippen molar-refractivity contribution in [3.05, 3.63) is 34.5 Å². The molecule has 0 radical (unpaired) electrons. The Labute approximate surface area is 118 Å². The highest BCUT2D eigenvalue weighted by atomic mass is 16.1. The molecule has 0 fully saturated rings. The van der Waals surface area contributed by atoms with Gasteiger partial charge in [-0.15, -0.1) is 0 Å². The van der Waals surface area contributed by atoms with Crippen LogP contribution in [0.2, 0.25) is 0 Å². The van der Waals surface area contributed by atoms with E-state index in [0.717, 1.165) is 51.0 Å². The number of aryl methyl sites for hydroxylation is 2. The van der Waals surface area contributed by atoms with Crippen LogP contribution in [0.5, 0.6) is 0 Å². The second kappa shape index (κ2) is 5.63. The molecule has 0 atom stereocenters. The quantitative estimate of drug-likeness (QED) is 0.714. The molecule has 1 aliphatic carbocycles. The molecule has 0 spiro atoms. The van der Waals surface area contributed by atoms with Crippen LogP contribution in [0.25, 0.3) is 0 Å². The molecular weight excluding hydrogens is 252 g/mol. The van der Waals surface area contributed by atoms with Crippen molar-refractivity contribution < 1.29 is 4.79 Å². The van der Waals surface area contributed by atoms with Gasteiger partial charge in [0.25, 0.3) is 5.91 Å². The summed E-state index contributed by atoms with van der Waals surface area (Å²) in [6.07, 6.45) is 6.33. The van der Waals surface area contributed by atoms with E-state index >= 15 is 0 Å². The van der Waals surface area contributed by atoms with Gasteiger partial charge in [-0.1, -0.05) is 11.6 Å². The lowest BCUT2D eigenvalue weighted by molar-refractivity contribution is 0.100. The van der Waals surface area contributed by atoms with Gasteiger partial charge in [0.2, 0.25) is 0 Å². The van der Waals surface area contributed by atoms with Crippen LogP contribution in [0.1, 0.15) is 34.5 Å². The summed E-state index contributed by atoms with van der Waals surface area (Å²) in [5, 5.41) is 6.57. The molecule has 2 heterocycles. The first-order valence-corrected chi connectivity index (χ1v) is 7.19. The molecule has 1 amide bonds. The van der Waals surface area contributed by atoms with Gasteiger partial charge in [-0.3, -0.25) is 4.79 Å². The predicted molar refractivity (Wildman–Crippen MR) is 78.8 cm³/mol. The van der Waals surface area contributed by atoms with Crippen molar-refractivity contribution in [1.82, 2.24) is 10.3 Å². The fraction of sp³-hybridized carbons (Fsp3) is 0.467. The number of hydrogen-bond acceptors (Lipinski definition) is 4. The number of pyridine rings is 1. The molecule has 5 heteroatoms. The number of nitrogens with zero attached hydrogens (tertiary/aromatic N) is 1. The van der Waals surface area contributed by atoms with Crippen LogP contribution < -0.4 is 16.4 Å². The second-order valence-corrected chi connectivity index (χ2v) is 5.38. The maximum atomic E-state index is 11.6. The Balaban J connectivity index is 1.80. The van der Waals surface area contributed by atoms with Crippen molar-refractivity contribution in [3.8, 4) is 0 Å². The van der Waals surface area contributed by atoms with Crippen molar-refractivity contribution in [1.29, 1.82) is 0 Å². The molecule has 0 saturated carbocycles. The minimum absolute atomic E-state index is 0.408. The normalized spacial score (nSPS) is 17.5. The monoisotopic (exact) mass is 272 g/mol. The summed E-state index contributed by atoms with van der Waals surface area (Å²) in [6.45, 7) is 2.65. The van der Waals surface area contributed by atoms with Gasteiger partial charge < -0.3 is 16.4 Å². The summed E-state index contributed by atoms with van der Waals surface area (Å²) in [5.74, 6) is 0.228. The molecular formula is C15H20N4O. The van der Waals surface area contributed by atoms with Crippen LogP contribution in [0.3, 0.4) is 0 Å². The van der Waals surface area contributed by atoms with Crippen LogP contribution in [0.4, 0.5) is 5.82 Å². The van der Waals surface area contributed by atoms with Gasteiger partial charge >= 0.3 is 0 Å². The number of fused-ring (bicyclic) bond motifs is 1. The summed E-state index contributed by atoms with van der Waals surface area (Å²) in [6, 6.07) is 1.91. The average Bonchev–Trinajstić information content (AvgIpc) is 2.92. The highest BCUT2D eigenvalue weighted by Gasteiger charge is 2.19. The molecule has 1 aromatic heterocycles. The van der Waals surface area contributed by atoms with Gasteiger partial charge in [0.1, 0.15) is 5.82 Å². The third-order valence-corrected chi connectivity index (χ3v) is 3.96. The molecule has 0 bridgehead atoms. The van der Waals surface area contributed by atoms with Gasteiger partial charge in [-0.25, -0.2) is 4.98 Å². The fourth-order valence-electron chi connectivity index (χ4n) is 2.82. The Morgan fingerprint density at radius 3 is 3.05 bits per heavy atom. The van der Waals surface area contributed by atoms with E-state index in [0.29, 0.717) is 11.4 Å². The molecule has 0 saturated heterocycles. The zero-order chi connectivity index (χ0) is 13.9. The summed E-state index contributed by atoms with van der Waals surface area (Å²) < 4.78 is 0. The highest BCUT2D eigenvalue weighted by Crippen LogP contribution is 2.25. The van der Waals surface area contributed by atoms with Gasteiger partial charge in [-0.2, -0.15) is 0 Å². The molecule has 106 valence electrons. The second-order valence-electron chi connectivity index (χ2n) is 5.38. The van der Waals surface area contributed by atoms with Crippen molar-refractivity contribution in [2.24, 2.45) is 5.73 Å². The summed E-state index contributed by atoms with van der Waals surface area (Å²) in [5.41, 5.74) is 9.62. The average molecular weight is 272 g/mol. The molecule has 0 unspecified atom stereocenters. The number of nitrogens with one attached hydrogen (secondary N) is 2. The number of rotatable bonds is 4. The van der Waals surface area contributed by atoms with E-state index in [1.165, 1.54) is 11.1 Å². The lowest BCUT2D eigenvalue weighted by Gasteiger charge is -2.16. The lowest BCUT2D eigenvalue weighted by atomic mass is 10.1. The van der Waals surface area contributed by atoms with Crippen molar-refractivity contribution in [2.45, 2.75) is 25.7 Å². The first-order chi connectivity index (χ1) is 9.74. The Hall–Kier alpha value is -1.88. The highest BCUT2D eigenvalue weighted by molar-refractivity contribution is 5.97. The molecule has 0 aromatic carbocycles. The molecule has 1 aromatic rings. The van der Waals surface area contributed by atoms with Crippen molar-refractivity contribution in [2.75, 3.05) is 25.0 Å². The predicted octanol–water partition coefficient (Wildman–Crippen LogP) is 1.00. The third kappa shape index (κ3) is 2.67. The number of carbonyl (C=O) groups excluding carboxylic acids is 1. The number of nitrogens with two attached hydrogens (primary N) is 1.